The maximum atomic E-state index is 14.7. The molecule has 2 aliphatic rings. The van der Waals surface area contributed by atoms with Crippen molar-refractivity contribution in [1.82, 2.24) is 10.6 Å². The SMILES string of the molecule is CS(=O)(=O)c1ccc(-c2ccc(C[C@@H](C#N)NC(=O)[C@H]3N[C@@H]4CC[C@H]3C4)c(F)c2)c(F)c1. The first kappa shape index (κ1) is 22.4. The van der Waals surface area contributed by atoms with Gasteiger partial charge >= 0.3 is 0 Å². The molecule has 4 rings (SSSR count). The van der Waals surface area contributed by atoms with Gasteiger partial charge in [0.1, 0.15) is 17.7 Å². The van der Waals surface area contributed by atoms with Crippen LogP contribution in [0.4, 0.5) is 8.78 Å². The van der Waals surface area contributed by atoms with Crippen LogP contribution in [0.15, 0.2) is 41.3 Å². The van der Waals surface area contributed by atoms with E-state index in [4.69, 9.17) is 0 Å². The van der Waals surface area contributed by atoms with Crippen LogP contribution < -0.4 is 10.6 Å². The molecule has 1 amide bonds. The molecule has 2 aromatic rings. The Morgan fingerprint density at radius 3 is 2.56 bits per heavy atom. The van der Waals surface area contributed by atoms with Crippen molar-refractivity contribution in [3.8, 4) is 17.2 Å². The van der Waals surface area contributed by atoms with Gasteiger partial charge in [-0.3, -0.25) is 4.79 Å². The van der Waals surface area contributed by atoms with E-state index in [2.05, 4.69) is 10.6 Å². The lowest BCUT2D eigenvalue weighted by Gasteiger charge is -2.23. The monoisotopic (exact) mass is 459 g/mol. The first-order valence-electron chi connectivity index (χ1n) is 10.4. The first-order valence-corrected chi connectivity index (χ1v) is 12.3. The second kappa shape index (κ2) is 8.60. The second-order valence-corrected chi connectivity index (χ2v) is 10.5. The highest BCUT2D eigenvalue weighted by molar-refractivity contribution is 7.90. The van der Waals surface area contributed by atoms with E-state index in [0.29, 0.717) is 6.04 Å². The average Bonchev–Trinajstić information content (AvgIpc) is 3.37. The fourth-order valence-electron chi connectivity index (χ4n) is 4.60. The van der Waals surface area contributed by atoms with Crippen molar-refractivity contribution in [2.45, 2.75) is 48.7 Å². The zero-order valence-corrected chi connectivity index (χ0v) is 18.3. The van der Waals surface area contributed by atoms with Gasteiger partial charge in [0.25, 0.3) is 0 Å². The molecule has 1 saturated carbocycles. The maximum absolute atomic E-state index is 14.7. The molecule has 1 heterocycles. The predicted molar refractivity (Wildman–Crippen MR) is 114 cm³/mol. The summed E-state index contributed by atoms with van der Waals surface area (Å²) in [7, 11) is -3.56. The molecule has 32 heavy (non-hydrogen) atoms. The van der Waals surface area contributed by atoms with Crippen molar-refractivity contribution < 1.29 is 22.0 Å². The molecule has 0 spiro atoms. The summed E-state index contributed by atoms with van der Waals surface area (Å²) in [5.74, 6) is -1.38. The molecular weight excluding hydrogens is 436 g/mol. The molecule has 6 nitrogen and oxygen atoms in total. The Morgan fingerprint density at radius 1 is 1.22 bits per heavy atom. The third-order valence-electron chi connectivity index (χ3n) is 6.27. The van der Waals surface area contributed by atoms with Crippen LogP contribution in [0, 0.1) is 28.9 Å². The minimum Gasteiger partial charge on any atom is -0.339 e. The van der Waals surface area contributed by atoms with Gasteiger partial charge in [0, 0.05) is 24.3 Å². The summed E-state index contributed by atoms with van der Waals surface area (Å²) >= 11 is 0. The number of nitrogens with one attached hydrogen (secondary N) is 2. The molecule has 2 aromatic carbocycles. The Balaban J connectivity index is 1.47. The minimum absolute atomic E-state index is 0.0231. The quantitative estimate of drug-likeness (QED) is 0.692. The molecule has 2 bridgehead atoms. The second-order valence-electron chi connectivity index (χ2n) is 8.53. The Kier molecular flexibility index (Phi) is 6.01. The van der Waals surface area contributed by atoms with E-state index in [0.717, 1.165) is 37.7 Å². The number of hydrogen-bond acceptors (Lipinski definition) is 5. The number of nitrogens with zero attached hydrogens (tertiary/aromatic N) is 1. The normalized spacial score (nSPS) is 23.0. The number of hydrogen-bond donors (Lipinski definition) is 2. The number of carbonyl (C=O) groups excluding carboxylic acids is 1. The van der Waals surface area contributed by atoms with Crippen LogP contribution >= 0.6 is 0 Å². The van der Waals surface area contributed by atoms with Crippen molar-refractivity contribution in [1.29, 1.82) is 5.26 Å². The summed E-state index contributed by atoms with van der Waals surface area (Å²) in [5.41, 5.74) is 0.525. The van der Waals surface area contributed by atoms with E-state index in [1.807, 2.05) is 6.07 Å². The zero-order chi connectivity index (χ0) is 23.0. The van der Waals surface area contributed by atoms with Crippen molar-refractivity contribution in [3.63, 3.8) is 0 Å². The lowest BCUT2D eigenvalue weighted by Crippen LogP contribution is -2.50. The Hall–Kier alpha value is -2.83. The van der Waals surface area contributed by atoms with Gasteiger partial charge in [0.15, 0.2) is 9.84 Å². The van der Waals surface area contributed by atoms with Crippen LogP contribution in [0.2, 0.25) is 0 Å². The molecular formula is C23H23F2N3O3S. The number of nitriles is 1. The van der Waals surface area contributed by atoms with Crippen LogP contribution in [0.25, 0.3) is 11.1 Å². The van der Waals surface area contributed by atoms with Gasteiger partial charge in [0.2, 0.25) is 5.91 Å². The number of sulfone groups is 1. The number of halogens is 2. The summed E-state index contributed by atoms with van der Waals surface area (Å²) in [5, 5.41) is 15.4. The Morgan fingerprint density at radius 2 is 2.00 bits per heavy atom. The van der Waals surface area contributed by atoms with E-state index < -0.39 is 27.5 Å². The minimum atomic E-state index is -3.56. The summed E-state index contributed by atoms with van der Waals surface area (Å²) in [6.07, 6.45) is 3.97. The molecule has 2 fully saturated rings. The molecule has 0 aromatic heterocycles. The molecule has 2 N–H and O–H groups in total. The maximum Gasteiger partial charge on any atom is 0.238 e. The molecule has 1 aliphatic carbocycles. The molecule has 168 valence electrons. The Labute approximate surface area is 185 Å². The van der Waals surface area contributed by atoms with Gasteiger partial charge in [-0.1, -0.05) is 18.2 Å². The standard InChI is InChI=1S/C23H23F2N3O3S/c1-32(30,31)18-6-7-19(21(25)11-18)13-2-3-14(20(24)10-13)8-17(12-26)28-23(29)22-15-4-5-16(9-15)27-22/h2-3,6-7,10-11,15-17,22,27H,4-5,8-9H2,1H3,(H,28,29)/t15-,16+,17-,22-/m0/s1. The largest absolute Gasteiger partial charge is 0.339 e. The third kappa shape index (κ3) is 4.52. The van der Waals surface area contributed by atoms with E-state index in [9.17, 15) is 27.3 Å². The molecule has 9 heteroatoms. The van der Waals surface area contributed by atoms with Gasteiger partial charge in [-0.05, 0) is 54.5 Å². The van der Waals surface area contributed by atoms with Gasteiger partial charge in [0.05, 0.1) is 17.0 Å². The smallest absolute Gasteiger partial charge is 0.238 e. The first-order chi connectivity index (χ1) is 15.2. The molecule has 1 saturated heterocycles. The van der Waals surface area contributed by atoms with E-state index in [1.165, 1.54) is 24.3 Å². The number of carbonyl (C=O) groups is 1. The lowest BCUT2D eigenvalue weighted by atomic mass is 9.97. The van der Waals surface area contributed by atoms with Crippen molar-refractivity contribution in [2.75, 3.05) is 6.26 Å². The van der Waals surface area contributed by atoms with Gasteiger partial charge in [-0.25, -0.2) is 17.2 Å². The number of fused-ring (bicyclic) bond motifs is 2. The number of amides is 1. The highest BCUT2D eigenvalue weighted by Gasteiger charge is 2.43. The summed E-state index contributed by atoms with van der Waals surface area (Å²) in [6, 6.07) is 8.71. The van der Waals surface area contributed by atoms with Gasteiger partial charge < -0.3 is 10.6 Å². The molecule has 0 unspecified atom stereocenters. The molecule has 0 radical (unpaired) electrons. The average molecular weight is 460 g/mol. The van der Waals surface area contributed by atoms with E-state index in [1.54, 1.807) is 0 Å². The van der Waals surface area contributed by atoms with Crippen LogP contribution in [0.1, 0.15) is 24.8 Å². The van der Waals surface area contributed by atoms with Gasteiger partial charge in [-0.2, -0.15) is 5.26 Å². The Bertz CT molecular complexity index is 1210. The van der Waals surface area contributed by atoms with Crippen molar-refractivity contribution in [2.24, 2.45) is 5.92 Å². The van der Waals surface area contributed by atoms with Crippen LogP contribution in [-0.2, 0) is 21.1 Å². The molecule has 4 atom stereocenters. The highest BCUT2D eigenvalue weighted by atomic mass is 32.2. The number of benzene rings is 2. The predicted octanol–water partition coefficient (Wildman–Crippen LogP) is 2.73. The number of piperidine rings is 1. The highest BCUT2D eigenvalue weighted by Crippen LogP contribution is 2.35. The number of rotatable bonds is 6. The fourth-order valence-corrected chi connectivity index (χ4v) is 5.23. The summed E-state index contributed by atoms with van der Waals surface area (Å²) in [6.45, 7) is 0. The van der Waals surface area contributed by atoms with E-state index >= 15 is 0 Å². The molecule has 1 aliphatic heterocycles. The lowest BCUT2D eigenvalue weighted by molar-refractivity contribution is -0.124. The topological polar surface area (TPSA) is 99.1 Å². The summed E-state index contributed by atoms with van der Waals surface area (Å²) in [4.78, 5) is 12.4. The van der Waals surface area contributed by atoms with Crippen LogP contribution in [-0.4, -0.2) is 38.7 Å². The van der Waals surface area contributed by atoms with Crippen molar-refractivity contribution in [3.05, 3.63) is 53.6 Å². The zero-order valence-electron chi connectivity index (χ0n) is 17.4. The van der Waals surface area contributed by atoms with Crippen molar-refractivity contribution >= 4 is 15.7 Å². The van der Waals surface area contributed by atoms with E-state index in [-0.39, 0.29) is 45.9 Å². The van der Waals surface area contributed by atoms with Crippen LogP contribution in [0.5, 0.6) is 0 Å². The summed E-state index contributed by atoms with van der Waals surface area (Å²) < 4.78 is 52.3. The van der Waals surface area contributed by atoms with Crippen LogP contribution in [0.3, 0.4) is 0 Å². The fraction of sp³-hybridized carbons (Fsp3) is 0.391. The van der Waals surface area contributed by atoms with Gasteiger partial charge in [-0.15, -0.1) is 0 Å². The third-order valence-corrected chi connectivity index (χ3v) is 7.38.